The Bertz CT molecular complexity index is 312. The fourth-order valence-electron chi connectivity index (χ4n) is 1.66. The summed E-state index contributed by atoms with van der Waals surface area (Å²) >= 11 is 0. The van der Waals surface area contributed by atoms with E-state index in [4.69, 9.17) is 5.73 Å². The van der Waals surface area contributed by atoms with Gasteiger partial charge in [-0.15, -0.1) is 0 Å². The molecule has 0 saturated carbocycles. The van der Waals surface area contributed by atoms with Crippen LogP contribution in [0.5, 0.6) is 0 Å². The van der Waals surface area contributed by atoms with Crippen LogP contribution in [0, 0.1) is 5.82 Å². The van der Waals surface area contributed by atoms with Crippen molar-refractivity contribution in [2.24, 2.45) is 5.73 Å². The van der Waals surface area contributed by atoms with E-state index in [1.165, 1.54) is 6.07 Å². The number of halogens is 1. The second-order valence-electron chi connectivity index (χ2n) is 4.11. The van der Waals surface area contributed by atoms with Crippen LogP contribution < -0.4 is 5.73 Å². The third-order valence-electron chi connectivity index (χ3n) is 2.59. The Morgan fingerprint density at radius 2 is 1.93 bits per heavy atom. The van der Waals surface area contributed by atoms with Crippen molar-refractivity contribution in [1.82, 2.24) is 4.90 Å². The molecule has 0 spiro atoms. The molecular formula is C12H19FN2. The van der Waals surface area contributed by atoms with Crippen molar-refractivity contribution in [1.29, 1.82) is 0 Å². The topological polar surface area (TPSA) is 29.3 Å². The van der Waals surface area contributed by atoms with Gasteiger partial charge in [-0.2, -0.15) is 0 Å². The third-order valence-corrected chi connectivity index (χ3v) is 2.59. The first-order valence-electron chi connectivity index (χ1n) is 5.22. The van der Waals surface area contributed by atoms with Gasteiger partial charge in [-0.1, -0.05) is 18.2 Å². The second kappa shape index (κ2) is 5.24. The van der Waals surface area contributed by atoms with Gasteiger partial charge < -0.3 is 5.73 Å². The Hall–Kier alpha value is -0.930. The highest BCUT2D eigenvalue weighted by atomic mass is 19.1. The number of rotatable bonds is 4. The molecule has 0 radical (unpaired) electrons. The van der Waals surface area contributed by atoms with Crippen LogP contribution in [0.15, 0.2) is 24.3 Å². The van der Waals surface area contributed by atoms with Gasteiger partial charge in [0.2, 0.25) is 0 Å². The van der Waals surface area contributed by atoms with Gasteiger partial charge in [0.05, 0.1) is 0 Å². The predicted octanol–water partition coefficient (Wildman–Crippen LogP) is 2.17. The van der Waals surface area contributed by atoms with E-state index in [9.17, 15) is 4.39 Å². The summed E-state index contributed by atoms with van der Waals surface area (Å²) in [6, 6.07) is 7.02. The first kappa shape index (κ1) is 12.1. The largest absolute Gasteiger partial charge is 0.327 e. The molecule has 0 fully saturated rings. The van der Waals surface area contributed by atoms with Crippen molar-refractivity contribution in [2.75, 3.05) is 13.6 Å². The van der Waals surface area contributed by atoms with Crippen LogP contribution in [0.25, 0.3) is 0 Å². The Morgan fingerprint density at radius 3 is 2.47 bits per heavy atom. The molecule has 0 amide bonds. The average Bonchev–Trinajstić information content (AvgIpc) is 2.16. The first-order valence-corrected chi connectivity index (χ1v) is 5.22. The van der Waals surface area contributed by atoms with Crippen molar-refractivity contribution >= 4 is 0 Å². The standard InChI is InChI=1S/C12H19FN2/c1-9(14)8-15(3)10(2)11-6-4-5-7-12(11)13/h4-7,9-10H,8,14H2,1-3H3. The summed E-state index contributed by atoms with van der Waals surface area (Å²) in [7, 11) is 1.96. The molecule has 2 N–H and O–H groups in total. The fraction of sp³-hybridized carbons (Fsp3) is 0.500. The molecule has 2 atom stereocenters. The summed E-state index contributed by atoms with van der Waals surface area (Å²) in [4.78, 5) is 2.06. The van der Waals surface area contributed by atoms with Gasteiger partial charge in [0, 0.05) is 24.2 Å². The summed E-state index contributed by atoms with van der Waals surface area (Å²) in [5.41, 5.74) is 6.43. The zero-order valence-corrected chi connectivity index (χ0v) is 9.57. The van der Waals surface area contributed by atoms with E-state index in [1.54, 1.807) is 6.07 Å². The van der Waals surface area contributed by atoms with Crippen molar-refractivity contribution in [3.8, 4) is 0 Å². The normalized spacial score (nSPS) is 15.3. The smallest absolute Gasteiger partial charge is 0.127 e. The van der Waals surface area contributed by atoms with Gasteiger partial charge in [0.1, 0.15) is 5.82 Å². The Labute approximate surface area is 90.9 Å². The number of hydrogen-bond donors (Lipinski definition) is 1. The molecule has 0 aliphatic heterocycles. The molecule has 2 unspecified atom stereocenters. The highest BCUT2D eigenvalue weighted by Crippen LogP contribution is 2.21. The Morgan fingerprint density at radius 1 is 1.33 bits per heavy atom. The maximum atomic E-state index is 13.5. The van der Waals surface area contributed by atoms with E-state index >= 15 is 0 Å². The third kappa shape index (κ3) is 3.29. The van der Waals surface area contributed by atoms with Crippen molar-refractivity contribution < 1.29 is 4.39 Å². The maximum absolute atomic E-state index is 13.5. The first-order chi connectivity index (χ1) is 7.02. The summed E-state index contributed by atoms with van der Waals surface area (Å²) in [6.07, 6.45) is 0. The molecule has 15 heavy (non-hydrogen) atoms. The minimum absolute atomic E-state index is 0.0530. The Balaban J connectivity index is 2.76. The molecule has 2 nitrogen and oxygen atoms in total. The molecule has 0 bridgehead atoms. The zero-order valence-electron chi connectivity index (χ0n) is 9.57. The lowest BCUT2D eigenvalue weighted by atomic mass is 10.1. The quantitative estimate of drug-likeness (QED) is 0.825. The molecule has 0 aliphatic rings. The minimum Gasteiger partial charge on any atom is -0.327 e. The highest BCUT2D eigenvalue weighted by Gasteiger charge is 2.15. The number of hydrogen-bond acceptors (Lipinski definition) is 2. The predicted molar refractivity (Wildman–Crippen MR) is 61.1 cm³/mol. The molecule has 0 aliphatic carbocycles. The summed E-state index contributed by atoms with van der Waals surface area (Å²) in [5, 5.41) is 0. The van der Waals surface area contributed by atoms with Gasteiger partial charge in [-0.05, 0) is 27.0 Å². The van der Waals surface area contributed by atoms with Crippen LogP contribution in [-0.2, 0) is 0 Å². The molecule has 1 aromatic rings. The van der Waals surface area contributed by atoms with Gasteiger partial charge in [0.15, 0.2) is 0 Å². The van der Waals surface area contributed by atoms with Crippen molar-refractivity contribution in [2.45, 2.75) is 25.9 Å². The van der Waals surface area contributed by atoms with E-state index in [1.807, 2.05) is 33.0 Å². The summed E-state index contributed by atoms with van der Waals surface area (Å²) in [6.45, 7) is 4.70. The van der Waals surface area contributed by atoms with Gasteiger partial charge in [0.25, 0.3) is 0 Å². The lowest BCUT2D eigenvalue weighted by molar-refractivity contribution is 0.245. The SMILES string of the molecule is CC(N)CN(C)C(C)c1ccccc1F. The van der Waals surface area contributed by atoms with E-state index in [0.29, 0.717) is 0 Å². The van der Waals surface area contributed by atoms with Crippen LogP contribution in [0.1, 0.15) is 25.5 Å². The van der Waals surface area contributed by atoms with E-state index in [-0.39, 0.29) is 17.9 Å². The molecule has 1 aromatic carbocycles. The Kier molecular flexibility index (Phi) is 4.24. The van der Waals surface area contributed by atoms with Crippen molar-refractivity contribution in [3.63, 3.8) is 0 Å². The van der Waals surface area contributed by atoms with Crippen LogP contribution in [0.4, 0.5) is 4.39 Å². The lowest BCUT2D eigenvalue weighted by Crippen LogP contribution is -2.34. The zero-order chi connectivity index (χ0) is 11.4. The van der Waals surface area contributed by atoms with Crippen LogP contribution in [-0.4, -0.2) is 24.5 Å². The summed E-state index contributed by atoms with van der Waals surface area (Å²) < 4.78 is 13.5. The van der Waals surface area contributed by atoms with Crippen LogP contribution in [0.2, 0.25) is 0 Å². The number of nitrogens with two attached hydrogens (primary N) is 1. The molecule has 0 aromatic heterocycles. The summed E-state index contributed by atoms with van der Waals surface area (Å²) in [5.74, 6) is -0.151. The monoisotopic (exact) mass is 210 g/mol. The van der Waals surface area contributed by atoms with Crippen LogP contribution >= 0.6 is 0 Å². The number of nitrogens with zero attached hydrogens (tertiary/aromatic N) is 1. The molecule has 0 saturated heterocycles. The molecule has 3 heteroatoms. The minimum atomic E-state index is -0.151. The molecule has 1 rings (SSSR count). The average molecular weight is 210 g/mol. The maximum Gasteiger partial charge on any atom is 0.127 e. The van der Waals surface area contributed by atoms with E-state index in [2.05, 4.69) is 4.90 Å². The molecule has 84 valence electrons. The van der Waals surface area contributed by atoms with E-state index in [0.717, 1.165) is 12.1 Å². The van der Waals surface area contributed by atoms with Crippen molar-refractivity contribution in [3.05, 3.63) is 35.6 Å². The fourth-order valence-corrected chi connectivity index (χ4v) is 1.66. The molecular weight excluding hydrogens is 191 g/mol. The number of benzene rings is 1. The lowest BCUT2D eigenvalue weighted by Gasteiger charge is -2.26. The van der Waals surface area contributed by atoms with Crippen LogP contribution in [0.3, 0.4) is 0 Å². The molecule has 0 heterocycles. The van der Waals surface area contributed by atoms with E-state index < -0.39 is 0 Å². The number of likely N-dealkylation sites (N-methyl/N-ethyl adjacent to an activating group) is 1. The van der Waals surface area contributed by atoms with Gasteiger partial charge in [-0.25, -0.2) is 4.39 Å². The second-order valence-corrected chi connectivity index (χ2v) is 4.11. The highest BCUT2D eigenvalue weighted by molar-refractivity contribution is 5.20. The van der Waals surface area contributed by atoms with Gasteiger partial charge in [-0.3, -0.25) is 4.90 Å². The van der Waals surface area contributed by atoms with Gasteiger partial charge >= 0.3 is 0 Å².